The Morgan fingerprint density at radius 2 is 2.00 bits per heavy atom. The average Bonchev–Trinajstić information content (AvgIpc) is 3.25. The molecule has 5 nitrogen and oxygen atoms in total. The maximum absolute atomic E-state index is 12.4. The number of piperazine rings is 1. The minimum atomic E-state index is 0.148. The predicted octanol–water partition coefficient (Wildman–Crippen LogP) is 0.599. The summed E-state index contributed by atoms with van der Waals surface area (Å²) in [6, 6.07) is 0.479. The summed E-state index contributed by atoms with van der Waals surface area (Å²) in [4.78, 5) is 28.2. The molecule has 2 amide bonds. The Labute approximate surface area is 120 Å². The molecule has 3 fully saturated rings. The monoisotopic (exact) mass is 279 g/mol. The Morgan fingerprint density at radius 1 is 1.15 bits per heavy atom. The molecule has 0 aromatic rings. The van der Waals surface area contributed by atoms with E-state index < -0.39 is 0 Å². The molecule has 2 heterocycles. The highest BCUT2D eigenvalue weighted by molar-refractivity contribution is 5.86. The number of amides is 2. The number of carbonyl (C=O) groups is 2. The molecule has 5 heteroatoms. The summed E-state index contributed by atoms with van der Waals surface area (Å²) in [6.45, 7) is 3.86. The van der Waals surface area contributed by atoms with Crippen LogP contribution in [0.25, 0.3) is 0 Å². The second-order valence-electron chi connectivity index (χ2n) is 6.38. The first kappa shape index (κ1) is 13.9. The van der Waals surface area contributed by atoms with Gasteiger partial charge in [0.05, 0.1) is 6.54 Å². The molecule has 1 saturated carbocycles. The zero-order chi connectivity index (χ0) is 13.9. The molecule has 112 valence electrons. The van der Waals surface area contributed by atoms with Gasteiger partial charge >= 0.3 is 0 Å². The van der Waals surface area contributed by atoms with Crippen molar-refractivity contribution in [1.82, 2.24) is 15.1 Å². The SMILES string of the molecule is O=C(CC1CCCNCC1)N1CCN(C2CC2)C(=O)C1. The Morgan fingerprint density at radius 3 is 2.75 bits per heavy atom. The zero-order valence-electron chi connectivity index (χ0n) is 12.1. The van der Waals surface area contributed by atoms with Crippen LogP contribution in [0.5, 0.6) is 0 Å². The van der Waals surface area contributed by atoms with Gasteiger partial charge in [-0.15, -0.1) is 0 Å². The molecule has 0 bridgehead atoms. The van der Waals surface area contributed by atoms with Crippen molar-refractivity contribution >= 4 is 11.8 Å². The van der Waals surface area contributed by atoms with Gasteiger partial charge in [0.2, 0.25) is 11.8 Å². The van der Waals surface area contributed by atoms with Gasteiger partial charge in [0.25, 0.3) is 0 Å². The molecule has 0 aromatic heterocycles. The van der Waals surface area contributed by atoms with Crippen molar-refractivity contribution in [2.45, 2.75) is 44.6 Å². The van der Waals surface area contributed by atoms with E-state index in [4.69, 9.17) is 0 Å². The molecule has 0 radical (unpaired) electrons. The second kappa shape index (κ2) is 6.12. The van der Waals surface area contributed by atoms with Crippen LogP contribution in [0.3, 0.4) is 0 Å². The third-order valence-electron chi connectivity index (χ3n) is 4.76. The fraction of sp³-hybridized carbons (Fsp3) is 0.867. The third-order valence-corrected chi connectivity index (χ3v) is 4.76. The fourth-order valence-electron chi connectivity index (χ4n) is 3.34. The highest BCUT2D eigenvalue weighted by Gasteiger charge is 2.36. The molecule has 1 N–H and O–H groups in total. The summed E-state index contributed by atoms with van der Waals surface area (Å²) in [5, 5.41) is 3.38. The highest BCUT2D eigenvalue weighted by Crippen LogP contribution is 2.28. The maximum atomic E-state index is 12.4. The summed E-state index contributed by atoms with van der Waals surface area (Å²) in [5.74, 6) is 0.824. The topological polar surface area (TPSA) is 52.7 Å². The quantitative estimate of drug-likeness (QED) is 0.823. The van der Waals surface area contributed by atoms with Gasteiger partial charge in [-0.3, -0.25) is 9.59 Å². The Hall–Kier alpha value is -1.10. The fourth-order valence-corrected chi connectivity index (χ4v) is 3.34. The van der Waals surface area contributed by atoms with Gasteiger partial charge in [-0.1, -0.05) is 0 Å². The van der Waals surface area contributed by atoms with Crippen molar-refractivity contribution in [2.24, 2.45) is 5.92 Å². The van der Waals surface area contributed by atoms with Gasteiger partial charge in [0.1, 0.15) is 0 Å². The summed E-state index contributed by atoms with van der Waals surface area (Å²) in [5.41, 5.74) is 0. The summed E-state index contributed by atoms with van der Waals surface area (Å²) < 4.78 is 0. The van der Waals surface area contributed by atoms with Crippen LogP contribution >= 0.6 is 0 Å². The summed E-state index contributed by atoms with van der Waals surface area (Å²) in [6.07, 6.45) is 6.30. The van der Waals surface area contributed by atoms with Crippen LogP contribution in [-0.4, -0.2) is 60.4 Å². The molecule has 3 aliphatic rings. The van der Waals surface area contributed by atoms with Gasteiger partial charge in [0.15, 0.2) is 0 Å². The van der Waals surface area contributed by atoms with Crippen LogP contribution in [0, 0.1) is 5.92 Å². The smallest absolute Gasteiger partial charge is 0.242 e. The molecule has 3 rings (SSSR count). The van der Waals surface area contributed by atoms with E-state index in [1.165, 1.54) is 0 Å². The standard InChI is InChI=1S/C15H25N3O2/c19-14(10-12-2-1-6-16-7-5-12)17-8-9-18(13-3-4-13)15(20)11-17/h12-13,16H,1-11H2. The maximum Gasteiger partial charge on any atom is 0.242 e. The average molecular weight is 279 g/mol. The Bertz CT molecular complexity index is 373. The lowest BCUT2D eigenvalue weighted by atomic mass is 9.96. The van der Waals surface area contributed by atoms with E-state index in [0.29, 0.717) is 24.9 Å². The molecule has 1 aliphatic carbocycles. The molecule has 20 heavy (non-hydrogen) atoms. The third kappa shape index (κ3) is 3.32. The summed E-state index contributed by atoms with van der Waals surface area (Å²) in [7, 11) is 0. The second-order valence-corrected chi connectivity index (χ2v) is 6.38. The van der Waals surface area contributed by atoms with Crippen LogP contribution in [0.2, 0.25) is 0 Å². The minimum absolute atomic E-state index is 0.148. The predicted molar refractivity (Wildman–Crippen MR) is 76.1 cm³/mol. The van der Waals surface area contributed by atoms with E-state index in [1.807, 2.05) is 4.90 Å². The van der Waals surface area contributed by atoms with Crippen LogP contribution in [0.4, 0.5) is 0 Å². The minimum Gasteiger partial charge on any atom is -0.336 e. The van der Waals surface area contributed by atoms with Crippen LogP contribution < -0.4 is 5.32 Å². The first-order valence-corrected chi connectivity index (χ1v) is 8.02. The molecule has 0 aromatic carbocycles. The van der Waals surface area contributed by atoms with E-state index in [1.54, 1.807) is 4.90 Å². The van der Waals surface area contributed by atoms with Crippen LogP contribution in [0.15, 0.2) is 0 Å². The van der Waals surface area contributed by atoms with Gasteiger partial charge in [-0.05, 0) is 51.1 Å². The number of rotatable bonds is 3. The molecule has 1 atom stereocenters. The molecule has 0 spiro atoms. The van der Waals surface area contributed by atoms with Gasteiger partial charge in [0, 0.05) is 25.6 Å². The van der Waals surface area contributed by atoms with Crippen LogP contribution in [0.1, 0.15) is 38.5 Å². The van der Waals surface area contributed by atoms with Crippen molar-refractivity contribution in [1.29, 1.82) is 0 Å². The Kier molecular flexibility index (Phi) is 4.24. The lowest BCUT2D eigenvalue weighted by Gasteiger charge is -2.35. The van der Waals surface area contributed by atoms with Gasteiger partial charge in [-0.25, -0.2) is 0 Å². The van der Waals surface area contributed by atoms with Crippen molar-refractivity contribution in [3.05, 3.63) is 0 Å². The number of carbonyl (C=O) groups excluding carboxylic acids is 2. The zero-order valence-corrected chi connectivity index (χ0v) is 12.1. The first-order chi connectivity index (χ1) is 9.74. The first-order valence-electron chi connectivity index (χ1n) is 8.02. The Balaban J connectivity index is 1.48. The number of hydrogen-bond acceptors (Lipinski definition) is 3. The van der Waals surface area contributed by atoms with E-state index in [2.05, 4.69) is 5.32 Å². The summed E-state index contributed by atoms with van der Waals surface area (Å²) >= 11 is 0. The van der Waals surface area contributed by atoms with E-state index in [0.717, 1.165) is 58.3 Å². The van der Waals surface area contributed by atoms with Crippen molar-refractivity contribution in [3.8, 4) is 0 Å². The molecular formula is C15H25N3O2. The lowest BCUT2D eigenvalue weighted by molar-refractivity contribution is -0.146. The number of hydrogen-bond donors (Lipinski definition) is 1. The number of nitrogens with zero attached hydrogens (tertiary/aromatic N) is 2. The normalized spacial score (nSPS) is 28.4. The van der Waals surface area contributed by atoms with E-state index >= 15 is 0 Å². The molecule has 2 saturated heterocycles. The van der Waals surface area contributed by atoms with Crippen molar-refractivity contribution in [3.63, 3.8) is 0 Å². The molecule has 2 aliphatic heterocycles. The van der Waals surface area contributed by atoms with E-state index in [9.17, 15) is 9.59 Å². The van der Waals surface area contributed by atoms with Crippen molar-refractivity contribution < 1.29 is 9.59 Å². The molecule has 1 unspecified atom stereocenters. The highest BCUT2D eigenvalue weighted by atomic mass is 16.2. The lowest BCUT2D eigenvalue weighted by Crippen LogP contribution is -2.53. The number of nitrogens with one attached hydrogen (secondary N) is 1. The van der Waals surface area contributed by atoms with Crippen LogP contribution in [-0.2, 0) is 9.59 Å². The largest absolute Gasteiger partial charge is 0.336 e. The van der Waals surface area contributed by atoms with Crippen molar-refractivity contribution in [2.75, 3.05) is 32.7 Å². The van der Waals surface area contributed by atoms with E-state index in [-0.39, 0.29) is 11.8 Å². The molecular weight excluding hydrogens is 254 g/mol. The van der Waals surface area contributed by atoms with Gasteiger partial charge < -0.3 is 15.1 Å². The van der Waals surface area contributed by atoms with Gasteiger partial charge in [-0.2, -0.15) is 0 Å².